The van der Waals surface area contributed by atoms with Crippen molar-refractivity contribution in [2.75, 3.05) is 17.7 Å². The second-order valence-electron chi connectivity index (χ2n) is 6.65. The lowest BCUT2D eigenvalue weighted by atomic mass is 10.2. The summed E-state index contributed by atoms with van der Waals surface area (Å²) in [5.41, 5.74) is 9.48. The molecule has 0 saturated heterocycles. The summed E-state index contributed by atoms with van der Waals surface area (Å²) < 4.78 is 19.8. The molecule has 0 radical (unpaired) electrons. The quantitative estimate of drug-likeness (QED) is 0.509. The molecule has 1 heterocycles. The van der Waals surface area contributed by atoms with Gasteiger partial charge in [0.25, 0.3) is 5.91 Å². The number of nitrogens with one attached hydrogen (secondary N) is 1. The number of rotatable bonds is 5. The van der Waals surface area contributed by atoms with E-state index in [0.29, 0.717) is 11.4 Å². The van der Waals surface area contributed by atoms with Crippen molar-refractivity contribution in [3.63, 3.8) is 0 Å². The van der Waals surface area contributed by atoms with Crippen molar-refractivity contribution < 1.29 is 18.7 Å². The molecule has 0 saturated carbocycles. The third kappa shape index (κ3) is 4.43. The lowest BCUT2D eigenvalue weighted by molar-refractivity contribution is -0.119. The van der Waals surface area contributed by atoms with E-state index < -0.39 is 24.3 Å². The molecule has 0 spiro atoms. The van der Waals surface area contributed by atoms with Gasteiger partial charge in [-0.3, -0.25) is 4.79 Å². The number of aryl methyl sites for hydroxylation is 2. The van der Waals surface area contributed by atoms with Crippen molar-refractivity contribution in [3.05, 3.63) is 70.8 Å². The summed E-state index contributed by atoms with van der Waals surface area (Å²) in [6.07, 6.45) is 0. The van der Waals surface area contributed by atoms with Crippen LogP contribution >= 0.6 is 0 Å². The van der Waals surface area contributed by atoms with Gasteiger partial charge in [0, 0.05) is 5.69 Å². The molecule has 0 aliphatic heterocycles. The first-order valence-electron chi connectivity index (χ1n) is 8.91. The molecule has 0 unspecified atom stereocenters. The number of hydrogen-bond acceptors (Lipinski definition) is 5. The van der Waals surface area contributed by atoms with Crippen LogP contribution in [0.3, 0.4) is 0 Å². The van der Waals surface area contributed by atoms with Gasteiger partial charge in [0.15, 0.2) is 6.61 Å². The zero-order chi connectivity index (χ0) is 21.1. The van der Waals surface area contributed by atoms with E-state index in [-0.39, 0.29) is 11.3 Å². The fraction of sp³-hybridized carbons (Fsp3) is 0.190. The maximum Gasteiger partial charge on any atom is 0.340 e. The van der Waals surface area contributed by atoms with Crippen LogP contribution in [0.5, 0.6) is 0 Å². The first-order chi connectivity index (χ1) is 13.8. The maximum absolute atomic E-state index is 13.1. The third-order valence-electron chi connectivity index (χ3n) is 4.40. The van der Waals surface area contributed by atoms with Crippen LogP contribution in [0.1, 0.15) is 27.3 Å². The molecule has 3 aromatic rings. The average Bonchev–Trinajstić information content (AvgIpc) is 2.95. The van der Waals surface area contributed by atoms with E-state index in [4.69, 9.17) is 10.5 Å². The smallest absolute Gasteiger partial charge is 0.340 e. The lowest BCUT2D eigenvalue weighted by Crippen LogP contribution is -2.22. The van der Waals surface area contributed by atoms with E-state index in [1.165, 1.54) is 6.07 Å². The van der Waals surface area contributed by atoms with Gasteiger partial charge in [-0.15, -0.1) is 0 Å². The minimum absolute atomic E-state index is 0.00116. The molecule has 1 aromatic heterocycles. The second-order valence-corrected chi connectivity index (χ2v) is 6.65. The summed E-state index contributed by atoms with van der Waals surface area (Å²) >= 11 is 0. The van der Waals surface area contributed by atoms with Crippen molar-refractivity contribution in [2.45, 2.75) is 20.8 Å². The molecule has 0 fully saturated rings. The Morgan fingerprint density at radius 1 is 1.14 bits per heavy atom. The Morgan fingerprint density at radius 2 is 1.83 bits per heavy atom. The number of aromatic nitrogens is 2. The molecular weight excluding hydrogens is 375 g/mol. The Balaban J connectivity index is 1.68. The maximum atomic E-state index is 13.1. The standard InChI is InChI=1S/C21H21FN4O3/c1-12-4-7-16(8-5-12)26-14(3)20(13(2)25-26)24-19(27)11-29-21(28)17-9-6-15(22)10-18(17)23/h4-10H,11,23H2,1-3H3,(H,24,27). The highest BCUT2D eigenvalue weighted by Crippen LogP contribution is 2.23. The number of esters is 1. The van der Waals surface area contributed by atoms with Gasteiger partial charge in [0.1, 0.15) is 5.82 Å². The highest BCUT2D eigenvalue weighted by molar-refractivity contribution is 5.98. The number of anilines is 2. The lowest BCUT2D eigenvalue weighted by Gasteiger charge is -2.09. The Hall–Kier alpha value is -3.68. The Bertz CT molecular complexity index is 1070. The summed E-state index contributed by atoms with van der Waals surface area (Å²) in [7, 11) is 0. The molecule has 0 atom stereocenters. The van der Waals surface area contributed by atoms with Gasteiger partial charge in [-0.1, -0.05) is 17.7 Å². The van der Waals surface area contributed by atoms with E-state index in [9.17, 15) is 14.0 Å². The number of nitrogens with zero attached hydrogens (tertiary/aromatic N) is 2. The number of halogens is 1. The van der Waals surface area contributed by atoms with Crippen LogP contribution in [0.2, 0.25) is 0 Å². The molecular formula is C21H21FN4O3. The molecule has 150 valence electrons. The predicted molar refractivity (Wildman–Crippen MR) is 107 cm³/mol. The second kappa shape index (κ2) is 8.14. The molecule has 3 rings (SSSR count). The molecule has 0 aliphatic carbocycles. The van der Waals surface area contributed by atoms with Gasteiger partial charge in [-0.05, 0) is 51.1 Å². The summed E-state index contributed by atoms with van der Waals surface area (Å²) in [6, 6.07) is 11.2. The Labute approximate surface area is 167 Å². The molecule has 2 aromatic carbocycles. The van der Waals surface area contributed by atoms with E-state index >= 15 is 0 Å². The van der Waals surface area contributed by atoms with Crippen LogP contribution < -0.4 is 11.1 Å². The van der Waals surface area contributed by atoms with Crippen LogP contribution in [0.4, 0.5) is 15.8 Å². The van der Waals surface area contributed by atoms with Crippen LogP contribution in [-0.2, 0) is 9.53 Å². The van der Waals surface area contributed by atoms with Crippen molar-refractivity contribution in [3.8, 4) is 5.69 Å². The van der Waals surface area contributed by atoms with E-state index in [0.717, 1.165) is 29.1 Å². The first kappa shape index (κ1) is 20.1. The van der Waals surface area contributed by atoms with Crippen LogP contribution in [0.15, 0.2) is 42.5 Å². The van der Waals surface area contributed by atoms with Gasteiger partial charge in [0.05, 0.1) is 28.3 Å². The molecule has 0 bridgehead atoms. The van der Waals surface area contributed by atoms with E-state index in [1.54, 1.807) is 11.6 Å². The van der Waals surface area contributed by atoms with Gasteiger partial charge >= 0.3 is 5.97 Å². The zero-order valence-corrected chi connectivity index (χ0v) is 16.3. The van der Waals surface area contributed by atoms with Crippen molar-refractivity contribution >= 4 is 23.3 Å². The number of hydrogen-bond donors (Lipinski definition) is 2. The zero-order valence-electron chi connectivity index (χ0n) is 16.3. The fourth-order valence-electron chi connectivity index (χ4n) is 2.86. The van der Waals surface area contributed by atoms with E-state index in [2.05, 4.69) is 10.4 Å². The minimum atomic E-state index is -0.804. The number of benzene rings is 2. The van der Waals surface area contributed by atoms with Gasteiger partial charge in [-0.25, -0.2) is 13.9 Å². The summed E-state index contributed by atoms with van der Waals surface area (Å²) in [6.45, 7) is 5.10. The van der Waals surface area contributed by atoms with Crippen LogP contribution in [0.25, 0.3) is 5.69 Å². The van der Waals surface area contributed by atoms with Gasteiger partial charge < -0.3 is 15.8 Å². The molecule has 8 heteroatoms. The SMILES string of the molecule is Cc1ccc(-n2nc(C)c(NC(=O)COC(=O)c3ccc(F)cc3N)c2C)cc1. The predicted octanol–water partition coefficient (Wildman–Crippen LogP) is 3.31. The Kier molecular flexibility index (Phi) is 5.63. The highest BCUT2D eigenvalue weighted by Gasteiger charge is 2.18. The van der Waals surface area contributed by atoms with Gasteiger partial charge in [-0.2, -0.15) is 5.10 Å². The van der Waals surface area contributed by atoms with Crippen LogP contribution in [-0.4, -0.2) is 28.3 Å². The first-order valence-corrected chi connectivity index (χ1v) is 8.91. The number of nitrogens with two attached hydrogens (primary N) is 1. The molecule has 7 nitrogen and oxygen atoms in total. The number of carbonyl (C=O) groups excluding carboxylic acids is 2. The molecule has 0 aliphatic rings. The number of nitrogen functional groups attached to an aromatic ring is 1. The van der Waals surface area contributed by atoms with Gasteiger partial charge in [0.2, 0.25) is 0 Å². The molecule has 29 heavy (non-hydrogen) atoms. The van der Waals surface area contributed by atoms with Crippen LogP contribution in [0, 0.1) is 26.6 Å². The fourth-order valence-corrected chi connectivity index (χ4v) is 2.86. The highest BCUT2D eigenvalue weighted by atomic mass is 19.1. The summed E-state index contributed by atoms with van der Waals surface area (Å²) in [5.74, 6) is -1.89. The average molecular weight is 396 g/mol. The topological polar surface area (TPSA) is 99.2 Å². The van der Waals surface area contributed by atoms with Crippen molar-refractivity contribution in [2.24, 2.45) is 0 Å². The third-order valence-corrected chi connectivity index (χ3v) is 4.40. The summed E-state index contributed by atoms with van der Waals surface area (Å²) in [5, 5.41) is 7.19. The largest absolute Gasteiger partial charge is 0.452 e. The molecule has 1 amide bonds. The van der Waals surface area contributed by atoms with Crippen molar-refractivity contribution in [1.82, 2.24) is 9.78 Å². The normalized spacial score (nSPS) is 10.6. The minimum Gasteiger partial charge on any atom is -0.452 e. The molecule has 3 N–H and O–H groups in total. The van der Waals surface area contributed by atoms with Crippen molar-refractivity contribution in [1.29, 1.82) is 0 Å². The number of ether oxygens (including phenoxy) is 1. The monoisotopic (exact) mass is 396 g/mol. The Morgan fingerprint density at radius 3 is 2.48 bits per heavy atom. The summed E-state index contributed by atoms with van der Waals surface area (Å²) in [4.78, 5) is 24.3. The number of carbonyl (C=O) groups is 2. The van der Waals surface area contributed by atoms with E-state index in [1.807, 2.05) is 38.1 Å². The number of amides is 1.